The first kappa shape index (κ1) is 17.0. The van der Waals surface area contributed by atoms with Gasteiger partial charge < -0.3 is 10.1 Å². The third-order valence-electron chi connectivity index (χ3n) is 2.50. The van der Waals surface area contributed by atoms with Gasteiger partial charge in [0.05, 0.1) is 0 Å². The molecule has 0 radical (unpaired) electrons. The number of ether oxygens (including phenoxy) is 1. The molecular weight excluding hydrogens is 226 g/mol. The molecule has 0 aromatic heterocycles. The number of carbonyl (C=O) groups is 1. The average molecular weight is 255 g/mol. The molecule has 18 heavy (non-hydrogen) atoms. The van der Waals surface area contributed by atoms with Gasteiger partial charge in [-0.3, -0.25) is 0 Å². The Balaban J connectivity index is 3.25. The Bertz CT molecular complexity index is 231. The largest absolute Gasteiger partial charge is 0.444 e. The van der Waals surface area contributed by atoms with Crippen molar-refractivity contribution in [2.75, 3.05) is 6.54 Å². The molecular formula is C15H29NO2. The van der Waals surface area contributed by atoms with E-state index in [4.69, 9.17) is 4.74 Å². The third kappa shape index (κ3) is 13.1. The summed E-state index contributed by atoms with van der Waals surface area (Å²) in [5.74, 6) is 0. The Morgan fingerprint density at radius 3 is 2.22 bits per heavy atom. The Morgan fingerprint density at radius 1 is 1.11 bits per heavy atom. The van der Waals surface area contributed by atoms with Crippen LogP contribution < -0.4 is 5.32 Å². The van der Waals surface area contributed by atoms with Gasteiger partial charge in [-0.2, -0.15) is 0 Å². The molecule has 0 aliphatic rings. The first-order valence-electron chi connectivity index (χ1n) is 7.03. The maximum absolute atomic E-state index is 11.3. The van der Waals surface area contributed by atoms with Crippen LogP contribution in [0, 0.1) is 0 Å². The van der Waals surface area contributed by atoms with E-state index >= 15 is 0 Å². The van der Waals surface area contributed by atoms with E-state index in [1.54, 1.807) is 0 Å². The van der Waals surface area contributed by atoms with Gasteiger partial charge in [0.25, 0.3) is 0 Å². The Labute approximate surface area is 112 Å². The molecule has 0 aromatic rings. The zero-order valence-electron chi connectivity index (χ0n) is 12.3. The van der Waals surface area contributed by atoms with Crippen molar-refractivity contribution in [3.8, 4) is 0 Å². The summed E-state index contributed by atoms with van der Waals surface area (Å²) < 4.78 is 5.15. The first-order chi connectivity index (χ1) is 8.45. The SMILES string of the molecule is C=CCCCCCCCCNC(=O)OC(C)(C)C. The zero-order valence-corrected chi connectivity index (χ0v) is 12.3. The molecule has 0 aliphatic carbocycles. The molecule has 0 atom stereocenters. The number of alkyl carbamates (subject to hydrolysis) is 1. The summed E-state index contributed by atoms with van der Waals surface area (Å²) in [5, 5.41) is 2.78. The number of hydrogen-bond acceptors (Lipinski definition) is 2. The molecule has 0 unspecified atom stereocenters. The molecule has 1 amide bonds. The minimum absolute atomic E-state index is 0.312. The number of nitrogens with one attached hydrogen (secondary N) is 1. The van der Waals surface area contributed by atoms with Gasteiger partial charge in [-0.05, 0) is 40.0 Å². The lowest BCUT2D eigenvalue weighted by atomic mass is 10.1. The van der Waals surface area contributed by atoms with Gasteiger partial charge in [-0.15, -0.1) is 6.58 Å². The van der Waals surface area contributed by atoms with E-state index in [0.717, 1.165) is 12.8 Å². The summed E-state index contributed by atoms with van der Waals surface area (Å²) in [7, 11) is 0. The maximum atomic E-state index is 11.3. The molecule has 0 rings (SSSR count). The van der Waals surface area contributed by atoms with Crippen molar-refractivity contribution < 1.29 is 9.53 Å². The van der Waals surface area contributed by atoms with E-state index in [9.17, 15) is 4.79 Å². The van der Waals surface area contributed by atoms with Gasteiger partial charge in [0, 0.05) is 6.54 Å². The molecule has 0 saturated heterocycles. The van der Waals surface area contributed by atoms with Gasteiger partial charge in [-0.25, -0.2) is 4.79 Å². The van der Waals surface area contributed by atoms with Crippen molar-refractivity contribution in [3.63, 3.8) is 0 Å². The van der Waals surface area contributed by atoms with Crippen molar-refractivity contribution in [3.05, 3.63) is 12.7 Å². The van der Waals surface area contributed by atoms with Gasteiger partial charge in [-0.1, -0.05) is 31.8 Å². The van der Waals surface area contributed by atoms with E-state index in [1.165, 1.54) is 32.1 Å². The van der Waals surface area contributed by atoms with Crippen molar-refractivity contribution in [2.24, 2.45) is 0 Å². The lowest BCUT2D eigenvalue weighted by molar-refractivity contribution is 0.0527. The number of amides is 1. The monoisotopic (exact) mass is 255 g/mol. The quantitative estimate of drug-likeness (QED) is 0.489. The van der Waals surface area contributed by atoms with Crippen LogP contribution in [-0.4, -0.2) is 18.2 Å². The van der Waals surface area contributed by atoms with Crippen LogP contribution >= 0.6 is 0 Å². The average Bonchev–Trinajstić information content (AvgIpc) is 2.24. The van der Waals surface area contributed by atoms with Crippen molar-refractivity contribution in [1.29, 1.82) is 0 Å². The molecule has 0 fully saturated rings. The van der Waals surface area contributed by atoms with Crippen LogP contribution in [0.2, 0.25) is 0 Å². The Hall–Kier alpha value is -0.990. The van der Waals surface area contributed by atoms with E-state index < -0.39 is 5.60 Å². The van der Waals surface area contributed by atoms with Crippen LogP contribution in [0.5, 0.6) is 0 Å². The molecule has 0 aromatic carbocycles. The Kier molecular flexibility index (Phi) is 9.43. The third-order valence-corrected chi connectivity index (χ3v) is 2.50. The number of allylic oxidation sites excluding steroid dienone is 1. The minimum Gasteiger partial charge on any atom is -0.444 e. The maximum Gasteiger partial charge on any atom is 0.407 e. The van der Waals surface area contributed by atoms with Crippen LogP contribution in [0.4, 0.5) is 4.79 Å². The summed E-state index contributed by atoms with van der Waals surface area (Å²) in [6, 6.07) is 0. The lowest BCUT2D eigenvalue weighted by Crippen LogP contribution is -2.32. The topological polar surface area (TPSA) is 38.3 Å². The lowest BCUT2D eigenvalue weighted by Gasteiger charge is -2.19. The van der Waals surface area contributed by atoms with Crippen LogP contribution in [-0.2, 0) is 4.74 Å². The Morgan fingerprint density at radius 2 is 1.67 bits per heavy atom. The van der Waals surface area contributed by atoms with Crippen molar-refractivity contribution >= 4 is 6.09 Å². The van der Waals surface area contributed by atoms with Gasteiger partial charge in [0.15, 0.2) is 0 Å². The number of rotatable bonds is 9. The zero-order chi connectivity index (χ0) is 13.9. The summed E-state index contributed by atoms with van der Waals surface area (Å²) in [4.78, 5) is 11.3. The second-order valence-corrected chi connectivity index (χ2v) is 5.63. The number of unbranched alkanes of at least 4 members (excludes halogenated alkanes) is 6. The highest BCUT2D eigenvalue weighted by Gasteiger charge is 2.15. The second-order valence-electron chi connectivity index (χ2n) is 5.63. The standard InChI is InChI=1S/C15H29NO2/c1-5-6-7-8-9-10-11-12-13-16-14(17)18-15(2,3)4/h5H,1,6-13H2,2-4H3,(H,16,17). The fourth-order valence-corrected chi connectivity index (χ4v) is 1.63. The minimum atomic E-state index is -0.408. The van der Waals surface area contributed by atoms with Crippen LogP contribution in [0.1, 0.15) is 65.7 Å². The van der Waals surface area contributed by atoms with Crippen LogP contribution in [0.25, 0.3) is 0 Å². The highest BCUT2D eigenvalue weighted by atomic mass is 16.6. The van der Waals surface area contributed by atoms with Crippen LogP contribution in [0.15, 0.2) is 12.7 Å². The first-order valence-corrected chi connectivity index (χ1v) is 7.03. The van der Waals surface area contributed by atoms with Crippen LogP contribution in [0.3, 0.4) is 0 Å². The molecule has 3 heteroatoms. The van der Waals surface area contributed by atoms with Gasteiger partial charge in [0.2, 0.25) is 0 Å². The van der Waals surface area contributed by atoms with Crippen molar-refractivity contribution in [2.45, 2.75) is 71.3 Å². The summed E-state index contributed by atoms with van der Waals surface area (Å²) in [6.45, 7) is 10.0. The molecule has 0 bridgehead atoms. The number of hydrogen-bond donors (Lipinski definition) is 1. The van der Waals surface area contributed by atoms with E-state index in [0.29, 0.717) is 6.54 Å². The fraction of sp³-hybridized carbons (Fsp3) is 0.800. The molecule has 106 valence electrons. The van der Waals surface area contributed by atoms with E-state index in [1.807, 2.05) is 26.8 Å². The van der Waals surface area contributed by atoms with Crippen molar-refractivity contribution in [1.82, 2.24) is 5.32 Å². The predicted molar refractivity (Wildman–Crippen MR) is 76.8 cm³/mol. The molecule has 0 aliphatic heterocycles. The highest BCUT2D eigenvalue weighted by Crippen LogP contribution is 2.08. The smallest absolute Gasteiger partial charge is 0.407 e. The number of carbonyl (C=O) groups excluding carboxylic acids is 1. The van der Waals surface area contributed by atoms with Gasteiger partial charge in [0.1, 0.15) is 5.60 Å². The fourth-order valence-electron chi connectivity index (χ4n) is 1.63. The molecule has 0 spiro atoms. The summed E-state index contributed by atoms with van der Waals surface area (Å²) >= 11 is 0. The molecule has 0 saturated carbocycles. The highest BCUT2D eigenvalue weighted by molar-refractivity contribution is 5.67. The summed E-state index contributed by atoms with van der Waals surface area (Å²) in [6.07, 6.45) is 10.0. The molecule has 0 heterocycles. The molecule has 3 nitrogen and oxygen atoms in total. The summed E-state index contributed by atoms with van der Waals surface area (Å²) in [5.41, 5.74) is -0.408. The van der Waals surface area contributed by atoms with Gasteiger partial charge >= 0.3 is 6.09 Å². The molecule has 1 N–H and O–H groups in total. The normalized spacial score (nSPS) is 11.1. The van der Waals surface area contributed by atoms with E-state index in [-0.39, 0.29) is 6.09 Å². The second kappa shape index (κ2) is 9.98. The van der Waals surface area contributed by atoms with E-state index in [2.05, 4.69) is 11.9 Å². The predicted octanol–water partition coefficient (Wildman–Crippen LogP) is 4.43.